The second kappa shape index (κ2) is 7.82. The normalized spacial score (nSPS) is 16.8. The van der Waals surface area contributed by atoms with Gasteiger partial charge in [0.25, 0.3) is 5.91 Å². The van der Waals surface area contributed by atoms with Crippen molar-refractivity contribution in [1.29, 1.82) is 0 Å². The van der Waals surface area contributed by atoms with Crippen LogP contribution in [0.3, 0.4) is 0 Å². The smallest absolute Gasteiger partial charge is 0.345 e. The Morgan fingerprint density at radius 2 is 2.17 bits per heavy atom. The molecule has 1 amide bonds. The number of nitrogens with zero attached hydrogens (tertiary/aromatic N) is 5. The highest BCUT2D eigenvalue weighted by Gasteiger charge is 2.22. The van der Waals surface area contributed by atoms with Gasteiger partial charge in [-0.25, -0.2) is 14.5 Å². The number of rotatable bonds is 5. The molecule has 0 aliphatic carbocycles. The summed E-state index contributed by atoms with van der Waals surface area (Å²) >= 11 is 0. The standard InChI is InChI=1S/C20H26N6O3/c1-13-21-16-6-4-14(12-17(16)29-13)19(27)22-15-5-7-18-23-26(11-10-24(2)3)20(28)25(18)9-8-15/h4,6,12,15H,5,7-11H2,1-3H3,(H,22,27). The van der Waals surface area contributed by atoms with Crippen LogP contribution in [-0.2, 0) is 19.5 Å². The minimum atomic E-state index is -0.145. The molecule has 1 aliphatic rings. The summed E-state index contributed by atoms with van der Waals surface area (Å²) in [4.78, 5) is 31.6. The number of nitrogens with one attached hydrogen (secondary N) is 1. The molecule has 29 heavy (non-hydrogen) atoms. The number of likely N-dealkylation sites (N-methyl/N-ethyl adjacent to an activating group) is 1. The topological polar surface area (TPSA) is 98.2 Å². The van der Waals surface area contributed by atoms with Crippen LogP contribution >= 0.6 is 0 Å². The van der Waals surface area contributed by atoms with Crippen LogP contribution in [0.1, 0.15) is 34.9 Å². The van der Waals surface area contributed by atoms with Crippen LogP contribution in [0.25, 0.3) is 11.1 Å². The van der Waals surface area contributed by atoms with E-state index in [1.807, 2.05) is 19.0 Å². The average molecular weight is 398 g/mol. The van der Waals surface area contributed by atoms with Crippen LogP contribution in [-0.4, -0.2) is 56.8 Å². The van der Waals surface area contributed by atoms with Crippen molar-refractivity contribution >= 4 is 17.0 Å². The Kier molecular flexibility index (Phi) is 5.23. The average Bonchev–Trinajstić information content (AvgIpc) is 3.12. The number of carbonyl (C=O) groups excluding carboxylic acids is 1. The van der Waals surface area contributed by atoms with Crippen molar-refractivity contribution in [2.24, 2.45) is 0 Å². The van der Waals surface area contributed by atoms with Crippen molar-refractivity contribution in [2.75, 3.05) is 20.6 Å². The van der Waals surface area contributed by atoms with E-state index in [-0.39, 0.29) is 17.6 Å². The van der Waals surface area contributed by atoms with Gasteiger partial charge in [0.15, 0.2) is 11.5 Å². The van der Waals surface area contributed by atoms with E-state index in [2.05, 4.69) is 15.4 Å². The Morgan fingerprint density at radius 3 is 2.97 bits per heavy atom. The molecule has 3 aromatic rings. The molecule has 4 rings (SSSR count). The van der Waals surface area contributed by atoms with Crippen LogP contribution in [0, 0.1) is 6.92 Å². The van der Waals surface area contributed by atoms with Gasteiger partial charge >= 0.3 is 5.69 Å². The second-order valence-corrected chi connectivity index (χ2v) is 7.79. The fourth-order valence-electron chi connectivity index (χ4n) is 3.66. The molecular weight excluding hydrogens is 372 g/mol. The SMILES string of the molecule is Cc1nc2ccc(C(=O)NC3CCc4nn(CCN(C)C)c(=O)n4CC3)cc2o1. The Hall–Kier alpha value is -2.94. The summed E-state index contributed by atoms with van der Waals surface area (Å²) in [6.45, 7) is 3.68. The van der Waals surface area contributed by atoms with E-state index in [4.69, 9.17) is 4.42 Å². The monoisotopic (exact) mass is 398 g/mol. The first-order valence-electron chi connectivity index (χ1n) is 9.90. The molecule has 0 radical (unpaired) electrons. The van der Waals surface area contributed by atoms with Gasteiger partial charge in [0, 0.05) is 38.0 Å². The van der Waals surface area contributed by atoms with E-state index in [0.29, 0.717) is 43.0 Å². The van der Waals surface area contributed by atoms with Crippen molar-refractivity contribution < 1.29 is 9.21 Å². The van der Waals surface area contributed by atoms with Gasteiger partial charge in [-0.3, -0.25) is 9.36 Å². The van der Waals surface area contributed by atoms with E-state index in [9.17, 15) is 9.59 Å². The molecule has 0 fully saturated rings. The minimum Gasteiger partial charge on any atom is -0.441 e. The Balaban J connectivity index is 1.41. The summed E-state index contributed by atoms with van der Waals surface area (Å²) in [5, 5.41) is 7.59. The summed E-state index contributed by atoms with van der Waals surface area (Å²) in [6.07, 6.45) is 2.11. The van der Waals surface area contributed by atoms with Gasteiger partial charge in [-0.2, -0.15) is 5.10 Å². The van der Waals surface area contributed by atoms with Crippen molar-refractivity contribution in [2.45, 2.75) is 45.3 Å². The van der Waals surface area contributed by atoms with Crippen molar-refractivity contribution in [3.8, 4) is 0 Å². The lowest BCUT2D eigenvalue weighted by Crippen LogP contribution is -2.36. The third-order valence-electron chi connectivity index (χ3n) is 5.27. The zero-order valence-electron chi connectivity index (χ0n) is 17.0. The maximum atomic E-state index is 12.7. The lowest BCUT2D eigenvalue weighted by atomic mass is 10.1. The summed E-state index contributed by atoms with van der Waals surface area (Å²) in [5.74, 6) is 1.23. The molecule has 154 valence electrons. The van der Waals surface area contributed by atoms with E-state index in [0.717, 1.165) is 24.3 Å². The van der Waals surface area contributed by atoms with E-state index in [1.54, 1.807) is 34.4 Å². The van der Waals surface area contributed by atoms with Crippen molar-refractivity contribution in [1.82, 2.24) is 29.5 Å². The minimum absolute atomic E-state index is 0.00835. The van der Waals surface area contributed by atoms with Crippen LogP contribution in [0.5, 0.6) is 0 Å². The molecule has 2 aromatic heterocycles. The fourth-order valence-corrected chi connectivity index (χ4v) is 3.66. The molecule has 1 unspecified atom stereocenters. The van der Waals surface area contributed by atoms with Crippen LogP contribution in [0.2, 0.25) is 0 Å². The molecular formula is C20H26N6O3. The first kappa shape index (κ1) is 19.4. The first-order valence-corrected chi connectivity index (χ1v) is 9.90. The number of fused-ring (bicyclic) bond motifs is 2. The predicted molar refractivity (Wildman–Crippen MR) is 108 cm³/mol. The maximum Gasteiger partial charge on any atom is 0.345 e. The summed E-state index contributed by atoms with van der Waals surface area (Å²) < 4.78 is 8.80. The number of oxazole rings is 1. The maximum absolute atomic E-state index is 12.7. The molecule has 1 aliphatic heterocycles. The molecule has 0 saturated carbocycles. The highest BCUT2D eigenvalue weighted by Crippen LogP contribution is 2.18. The van der Waals surface area contributed by atoms with Crippen LogP contribution in [0.15, 0.2) is 27.4 Å². The fraction of sp³-hybridized carbons (Fsp3) is 0.500. The van der Waals surface area contributed by atoms with E-state index >= 15 is 0 Å². The van der Waals surface area contributed by atoms with Gasteiger partial charge in [-0.05, 0) is 45.1 Å². The number of hydrogen-bond donors (Lipinski definition) is 1. The number of benzene rings is 1. The first-order chi connectivity index (χ1) is 13.9. The van der Waals surface area contributed by atoms with Gasteiger partial charge < -0.3 is 14.6 Å². The molecule has 1 aromatic carbocycles. The van der Waals surface area contributed by atoms with Crippen LogP contribution < -0.4 is 11.0 Å². The molecule has 1 atom stereocenters. The number of aryl methyl sites for hydroxylation is 2. The summed E-state index contributed by atoms with van der Waals surface area (Å²) in [5.41, 5.74) is 1.82. The van der Waals surface area contributed by atoms with E-state index in [1.165, 1.54) is 0 Å². The van der Waals surface area contributed by atoms with E-state index < -0.39 is 0 Å². The number of amides is 1. The van der Waals surface area contributed by atoms with Gasteiger partial charge in [0.05, 0.1) is 6.54 Å². The second-order valence-electron chi connectivity index (χ2n) is 7.79. The molecule has 9 heteroatoms. The van der Waals surface area contributed by atoms with Crippen molar-refractivity contribution in [3.05, 3.63) is 46.0 Å². The summed E-state index contributed by atoms with van der Waals surface area (Å²) in [7, 11) is 3.95. The Labute approximate surface area is 168 Å². The van der Waals surface area contributed by atoms with Crippen LogP contribution in [0.4, 0.5) is 0 Å². The van der Waals surface area contributed by atoms with Gasteiger partial charge in [-0.15, -0.1) is 0 Å². The van der Waals surface area contributed by atoms with Gasteiger partial charge in [0.1, 0.15) is 11.3 Å². The molecule has 0 bridgehead atoms. The molecule has 0 saturated heterocycles. The predicted octanol–water partition coefficient (Wildman–Crippen LogP) is 1.19. The number of hydrogen-bond acceptors (Lipinski definition) is 6. The zero-order chi connectivity index (χ0) is 20.5. The molecule has 3 heterocycles. The highest BCUT2D eigenvalue weighted by atomic mass is 16.3. The van der Waals surface area contributed by atoms with Gasteiger partial charge in [-0.1, -0.05) is 0 Å². The molecule has 0 spiro atoms. The Bertz CT molecular complexity index is 1090. The lowest BCUT2D eigenvalue weighted by molar-refractivity contribution is 0.0933. The summed E-state index contributed by atoms with van der Waals surface area (Å²) in [6, 6.07) is 5.26. The highest BCUT2D eigenvalue weighted by molar-refractivity contribution is 5.97. The van der Waals surface area contributed by atoms with Gasteiger partial charge in [0.2, 0.25) is 0 Å². The number of carbonyl (C=O) groups is 1. The zero-order valence-corrected chi connectivity index (χ0v) is 17.0. The lowest BCUT2D eigenvalue weighted by Gasteiger charge is -2.16. The molecule has 9 nitrogen and oxygen atoms in total. The molecule has 1 N–H and O–H groups in total. The number of aromatic nitrogens is 4. The largest absolute Gasteiger partial charge is 0.441 e. The Morgan fingerprint density at radius 1 is 1.34 bits per heavy atom. The quantitative estimate of drug-likeness (QED) is 0.693. The third-order valence-corrected chi connectivity index (χ3v) is 5.27. The third kappa shape index (κ3) is 4.09. The van der Waals surface area contributed by atoms with Crippen molar-refractivity contribution in [3.63, 3.8) is 0 Å².